The van der Waals surface area contributed by atoms with E-state index in [-0.39, 0.29) is 13.0 Å². The molecule has 0 fully saturated rings. The van der Waals surface area contributed by atoms with Crippen LogP contribution in [0, 0.1) is 0 Å². The van der Waals surface area contributed by atoms with E-state index in [1.54, 1.807) is 20.8 Å². The number of imide groups is 1. The van der Waals surface area contributed by atoms with Gasteiger partial charge in [0, 0.05) is 12.2 Å². The van der Waals surface area contributed by atoms with Crippen molar-refractivity contribution in [1.29, 1.82) is 0 Å². The summed E-state index contributed by atoms with van der Waals surface area (Å²) in [7, 11) is 0. The lowest BCUT2D eigenvalue weighted by Gasteiger charge is -2.37. The molecule has 0 aromatic heterocycles. The Bertz CT molecular complexity index is 440. The molecule has 0 bridgehead atoms. The van der Waals surface area contributed by atoms with Crippen LogP contribution in [0.15, 0.2) is 12.2 Å². The van der Waals surface area contributed by atoms with Crippen LogP contribution in [0.4, 0.5) is 0 Å². The van der Waals surface area contributed by atoms with Crippen LogP contribution < -0.4 is 5.73 Å². The van der Waals surface area contributed by atoms with Crippen LogP contribution in [-0.4, -0.2) is 45.7 Å². The first kappa shape index (κ1) is 16.3. The number of nitrogens with two attached hydrogens (primary N) is 1. The molecule has 3 N–H and O–H groups in total. The van der Waals surface area contributed by atoms with Gasteiger partial charge in [0.2, 0.25) is 0 Å². The van der Waals surface area contributed by atoms with E-state index < -0.39 is 29.0 Å². The largest absolute Gasteiger partial charge is 0.481 e. The number of hydrogen-bond acceptors (Lipinski definition) is 5. The summed E-state index contributed by atoms with van der Waals surface area (Å²) in [5.74, 6) is -1.90. The van der Waals surface area contributed by atoms with E-state index in [0.717, 1.165) is 4.90 Å². The molecule has 1 heterocycles. The maximum Gasteiger partial charge on any atom is 0.307 e. The third-order valence-corrected chi connectivity index (χ3v) is 3.18. The molecule has 1 aliphatic rings. The molecular formula is C13H20N2O5. The molecule has 0 aromatic carbocycles. The van der Waals surface area contributed by atoms with Gasteiger partial charge in [0.1, 0.15) is 5.72 Å². The molecular weight excluding hydrogens is 264 g/mol. The molecule has 0 aliphatic carbocycles. The van der Waals surface area contributed by atoms with Gasteiger partial charge in [-0.3, -0.25) is 19.3 Å². The van der Waals surface area contributed by atoms with Crippen LogP contribution in [0.2, 0.25) is 0 Å². The van der Waals surface area contributed by atoms with Crippen molar-refractivity contribution in [3.8, 4) is 0 Å². The van der Waals surface area contributed by atoms with E-state index in [2.05, 4.69) is 0 Å². The minimum atomic E-state index is -1.32. The van der Waals surface area contributed by atoms with Gasteiger partial charge in [-0.25, -0.2) is 0 Å². The van der Waals surface area contributed by atoms with Crippen molar-refractivity contribution in [1.82, 2.24) is 4.90 Å². The fraction of sp³-hybridized carbons (Fsp3) is 0.615. The molecule has 7 nitrogen and oxygen atoms in total. The van der Waals surface area contributed by atoms with Crippen LogP contribution >= 0.6 is 0 Å². The zero-order valence-corrected chi connectivity index (χ0v) is 11.9. The van der Waals surface area contributed by atoms with Gasteiger partial charge in [-0.05, 0) is 20.3 Å². The van der Waals surface area contributed by atoms with Crippen molar-refractivity contribution in [2.75, 3.05) is 6.61 Å². The number of carbonyl (C=O) groups is 3. The Morgan fingerprint density at radius 1 is 1.35 bits per heavy atom. The van der Waals surface area contributed by atoms with Crippen molar-refractivity contribution in [3.05, 3.63) is 12.2 Å². The van der Waals surface area contributed by atoms with E-state index in [0.29, 0.717) is 6.42 Å². The third-order valence-electron chi connectivity index (χ3n) is 3.18. The maximum atomic E-state index is 11.6. The van der Waals surface area contributed by atoms with Crippen LogP contribution in [0.25, 0.3) is 0 Å². The smallest absolute Gasteiger partial charge is 0.307 e. The number of nitrogens with zero attached hydrogens (tertiary/aromatic N) is 1. The standard InChI is InChI=1S/C13H20N2O5/c1-4-13(14,7-11(18)19)20-8-12(2,3)15-9(16)5-6-10(15)17/h5-6H,4,7-8,14H2,1-3H3,(H,18,19). The van der Waals surface area contributed by atoms with Gasteiger partial charge < -0.3 is 15.6 Å². The van der Waals surface area contributed by atoms with Gasteiger partial charge in [0.05, 0.1) is 18.6 Å². The number of carboxylic acid groups (broad SMARTS) is 1. The van der Waals surface area contributed by atoms with E-state index in [9.17, 15) is 14.4 Å². The molecule has 0 spiro atoms. The Morgan fingerprint density at radius 3 is 2.25 bits per heavy atom. The molecule has 0 saturated carbocycles. The fourth-order valence-corrected chi connectivity index (χ4v) is 1.92. The van der Waals surface area contributed by atoms with Crippen LogP contribution in [0.1, 0.15) is 33.6 Å². The van der Waals surface area contributed by atoms with Crippen molar-refractivity contribution < 1.29 is 24.2 Å². The maximum absolute atomic E-state index is 11.6. The lowest BCUT2D eigenvalue weighted by atomic mass is 10.0. The summed E-state index contributed by atoms with van der Waals surface area (Å²) in [6.07, 6.45) is 2.34. The summed E-state index contributed by atoms with van der Waals surface area (Å²) >= 11 is 0. The molecule has 7 heteroatoms. The molecule has 20 heavy (non-hydrogen) atoms. The second-order valence-electron chi connectivity index (χ2n) is 5.44. The van der Waals surface area contributed by atoms with Crippen LogP contribution in [0.5, 0.6) is 0 Å². The Hall–Kier alpha value is -1.73. The van der Waals surface area contributed by atoms with Crippen LogP contribution in [-0.2, 0) is 19.1 Å². The average Bonchev–Trinajstić information content (AvgIpc) is 2.66. The minimum absolute atomic E-state index is 0.0379. The highest BCUT2D eigenvalue weighted by Gasteiger charge is 2.39. The molecule has 0 aromatic rings. The molecule has 2 amide bonds. The SMILES string of the molecule is CCC(N)(CC(=O)O)OCC(C)(C)N1C(=O)C=CC1=O. The van der Waals surface area contributed by atoms with Gasteiger partial charge in [0.15, 0.2) is 0 Å². The Morgan fingerprint density at radius 2 is 1.85 bits per heavy atom. The first-order valence-electron chi connectivity index (χ1n) is 6.32. The fourth-order valence-electron chi connectivity index (χ4n) is 1.92. The van der Waals surface area contributed by atoms with Crippen LogP contribution in [0.3, 0.4) is 0 Å². The van der Waals surface area contributed by atoms with Crippen molar-refractivity contribution >= 4 is 17.8 Å². The van der Waals surface area contributed by atoms with Gasteiger partial charge in [-0.15, -0.1) is 0 Å². The van der Waals surface area contributed by atoms with E-state index in [4.69, 9.17) is 15.6 Å². The van der Waals surface area contributed by atoms with Gasteiger partial charge >= 0.3 is 5.97 Å². The number of hydrogen-bond donors (Lipinski definition) is 2. The summed E-state index contributed by atoms with van der Waals surface area (Å²) in [6, 6.07) is 0. The predicted octanol–water partition coefficient (Wildman–Crippen LogP) is 0.246. The molecule has 0 radical (unpaired) electrons. The highest BCUT2D eigenvalue weighted by atomic mass is 16.5. The summed E-state index contributed by atoms with van der Waals surface area (Å²) < 4.78 is 5.49. The third kappa shape index (κ3) is 3.64. The molecule has 1 atom stereocenters. The zero-order chi connectivity index (χ0) is 15.6. The number of ether oxygens (including phenoxy) is 1. The molecule has 112 valence electrons. The normalized spacial score (nSPS) is 18.5. The molecule has 0 saturated heterocycles. The second-order valence-corrected chi connectivity index (χ2v) is 5.44. The quantitative estimate of drug-likeness (QED) is 0.512. The lowest BCUT2D eigenvalue weighted by molar-refractivity contribution is -0.157. The van der Waals surface area contributed by atoms with Crippen molar-refractivity contribution in [2.45, 2.75) is 44.9 Å². The summed E-state index contributed by atoms with van der Waals surface area (Å²) in [6.45, 7) is 4.99. The number of amides is 2. The van der Waals surface area contributed by atoms with E-state index >= 15 is 0 Å². The Labute approximate surface area is 117 Å². The predicted molar refractivity (Wildman–Crippen MR) is 70.5 cm³/mol. The average molecular weight is 284 g/mol. The molecule has 1 rings (SSSR count). The summed E-state index contributed by atoms with van der Waals surface area (Å²) in [5.41, 5.74) is 3.64. The Kier molecular flexibility index (Phi) is 4.67. The molecule has 1 aliphatic heterocycles. The first-order valence-corrected chi connectivity index (χ1v) is 6.32. The van der Waals surface area contributed by atoms with Crippen molar-refractivity contribution in [3.63, 3.8) is 0 Å². The lowest BCUT2D eigenvalue weighted by Crippen LogP contribution is -2.54. The summed E-state index contributed by atoms with van der Waals surface area (Å²) in [4.78, 5) is 35.1. The van der Waals surface area contributed by atoms with Gasteiger partial charge in [-0.2, -0.15) is 0 Å². The number of carboxylic acids is 1. The summed E-state index contributed by atoms with van der Waals surface area (Å²) in [5, 5.41) is 8.82. The first-order chi connectivity index (χ1) is 9.11. The zero-order valence-electron chi connectivity index (χ0n) is 11.9. The monoisotopic (exact) mass is 284 g/mol. The number of carbonyl (C=O) groups excluding carboxylic acids is 2. The van der Waals surface area contributed by atoms with E-state index in [1.807, 2.05) is 0 Å². The topological polar surface area (TPSA) is 110 Å². The highest BCUT2D eigenvalue weighted by molar-refractivity contribution is 6.13. The number of aliphatic carboxylic acids is 1. The highest BCUT2D eigenvalue weighted by Crippen LogP contribution is 2.23. The second kappa shape index (κ2) is 5.72. The molecule has 1 unspecified atom stereocenters. The minimum Gasteiger partial charge on any atom is -0.481 e. The number of rotatable bonds is 7. The van der Waals surface area contributed by atoms with Crippen molar-refractivity contribution in [2.24, 2.45) is 5.73 Å². The van der Waals surface area contributed by atoms with Gasteiger partial charge in [-0.1, -0.05) is 6.92 Å². The van der Waals surface area contributed by atoms with Gasteiger partial charge in [0.25, 0.3) is 11.8 Å². The Balaban J connectivity index is 2.74. The van der Waals surface area contributed by atoms with E-state index in [1.165, 1.54) is 12.2 Å².